The smallest absolute Gasteiger partial charge is 0.244 e. The molecule has 0 saturated carbocycles. The second-order valence-corrected chi connectivity index (χ2v) is 8.73. The van der Waals surface area contributed by atoms with E-state index in [1.165, 1.54) is 0 Å². The molecule has 2 aromatic carbocycles. The molecule has 146 valence electrons. The number of allylic oxidation sites excluding steroid dienone is 1. The number of rotatable bonds is 2. The molecular weight excluding hydrogens is 547 g/mol. The number of benzene rings is 2. The summed E-state index contributed by atoms with van der Waals surface area (Å²) < 4.78 is 6.51. The monoisotopic (exact) mass is 554 g/mol. The molecule has 1 atom stereocenters. The van der Waals surface area contributed by atoms with Crippen molar-refractivity contribution in [1.29, 1.82) is 5.26 Å². The van der Waals surface area contributed by atoms with E-state index in [0.717, 1.165) is 5.56 Å². The number of aromatic amines is 1. The fourth-order valence-corrected chi connectivity index (χ4v) is 4.72. The van der Waals surface area contributed by atoms with Crippen molar-refractivity contribution in [2.45, 2.75) is 5.92 Å². The van der Waals surface area contributed by atoms with Gasteiger partial charge in [-0.15, -0.1) is 5.10 Å². The minimum atomic E-state index is -0.583. The van der Waals surface area contributed by atoms with Gasteiger partial charge in [0.05, 0.1) is 36.2 Å². The van der Waals surface area contributed by atoms with E-state index in [4.69, 9.17) is 33.7 Å². The second-order valence-electron chi connectivity index (χ2n) is 6.20. The predicted molar refractivity (Wildman–Crippen MR) is 117 cm³/mol. The number of nitriles is 1. The van der Waals surface area contributed by atoms with Gasteiger partial charge in [0.15, 0.2) is 0 Å². The first-order valence-corrected chi connectivity index (χ1v) is 10.4. The molecule has 4 rings (SSSR count). The van der Waals surface area contributed by atoms with E-state index in [2.05, 4.69) is 48.1 Å². The number of aromatic nitrogens is 2. The van der Waals surface area contributed by atoms with Crippen LogP contribution in [0.25, 0.3) is 11.3 Å². The summed E-state index contributed by atoms with van der Waals surface area (Å²) in [5.41, 5.74) is 8.89. The molecule has 1 unspecified atom stereocenters. The summed E-state index contributed by atoms with van der Waals surface area (Å²) in [5, 5.41) is 27.8. The van der Waals surface area contributed by atoms with Gasteiger partial charge in [0, 0.05) is 5.56 Å². The van der Waals surface area contributed by atoms with E-state index in [0.29, 0.717) is 35.8 Å². The molecule has 0 radical (unpaired) electrons. The van der Waals surface area contributed by atoms with Crippen LogP contribution in [0.15, 0.2) is 50.7 Å². The summed E-state index contributed by atoms with van der Waals surface area (Å²) in [6.45, 7) is 0. The van der Waals surface area contributed by atoms with Crippen LogP contribution in [-0.4, -0.2) is 15.3 Å². The second kappa shape index (κ2) is 7.58. The maximum absolute atomic E-state index is 10.1. The summed E-state index contributed by atoms with van der Waals surface area (Å²) in [7, 11) is 0. The first-order valence-electron chi connectivity index (χ1n) is 8.11. The maximum atomic E-state index is 10.1. The van der Waals surface area contributed by atoms with Gasteiger partial charge in [-0.05, 0) is 61.7 Å². The Kier molecular flexibility index (Phi) is 5.25. The summed E-state index contributed by atoms with van der Waals surface area (Å²) in [6, 6.07) is 10.7. The normalized spacial score (nSPS) is 15.6. The van der Waals surface area contributed by atoms with Crippen molar-refractivity contribution in [3.05, 3.63) is 71.9 Å². The number of ether oxygens (including phenoxy) is 1. The van der Waals surface area contributed by atoms with Crippen LogP contribution in [0.3, 0.4) is 0 Å². The molecule has 0 aliphatic carbocycles. The quantitative estimate of drug-likeness (QED) is 0.368. The van der Waals surface area contributed by atoms with Gasteiger partial charge in [-0.2, -0.15) is 5.26 Å². The Balaban J connectivity index is 1.98. The number of nitrogens with two attached hydrogens (primary N) is 1. The third kappa shape index (κ3) is 3.38. The van der Waals surface area contributed by atoms with Crippen LogP contribution in [0, 0.1) is 11.3 Å². The van der Waals surface area contributed by atoms with E-state index in [1.54, 1.807) is 30.3 Å². The Labute approximate surface area is 192 Å². The Hall–Kier alpha value is -2.18. The van der Waals surface area contributed by atoms with Gasteiger partial charge in [0.2, 0.25) is 11.8 Å². The maximum Gasteiger partial charge on any atom is 0.244 e. The molecular formula is C19H10Br2Cl2N4O2. The van der Waals surface area contributed by atoms with Gasteiger partial charge in [-0.3, -0.25) is 5.10 Å². The molecule has 4 N–H and O–H groups in total. The van der Waals surface area contributed by atoms with Crippen molar-refractivity contribution in [3.63, 3.8) is 0 Å². The van der Waals surface area contributed by atoms with E-state index >= 15 is 0 Å². The molecule has 0 bridgehead atoms. The topological polar surface area (TPSA) is 108 Å². The van der Waals surface area contributed by atoms with Crippen molar-refractivity contribution < 1.29 is 9.84 Å². The van der Waals surface area contributed by atoms with Crippen molar-refractivity contribution in [2.24, 2.45) is 5.73 Å². The number of fused-ring (bicyclic) bond motifs is 1. The lowest BCUT2D eigenvalue weighted by Crippen LogP contribution is -2.21. The first-order chi connectivity index (χ1) is 13.8. The summed E-state index contributed by atoms with van der Waals surface area (Å²) in [6.07, 6.45) is 0. The summed E-state index contributed by atoms with van der Waals surface area (Å²) in [5.74, 6) is -0.307. The van der Waals surface area contributed by atoms with Gasteiger partial charge in [0.25, 0.3) is 0 Å². The van der Waals surface area contributed by atoms with Crippen molar-refractivity contribution >= 4 is 55.1 Å². The van der Waals surface area contributed by atoms with Crippen LogP contribution < -0.4 is 10.5 Å². The number of aromatic hydroxyl groups is 1. The zero-order chi connectivity index (χ0) is 20.9. The highest BCUT2D eigenvalue weighted by Gasteiger charge is 2.36. The minimum Gasteiger partial charge on any atom is -0.506 e. The van der Waals surface area contributed by atoms with Crippen molar-refractivity contribution in [1.82, 2.24) is 10.2 Å². The highest BCUT2D eigenvalue weighted by Crippen LogP contribution is 2.48. The fraction of sp³-hybridized carbons (Fsp3) is 0.0526. The van der Waals surface area contributed by atoms with Crippen molar-refractivity contribution in [3.8, 4) is 29.0 Å². The van der Waals surface area contributed by atoms with Gasteiger partial charge in [0.1, 0.15) is 17.4 Å². The van der Waals surface area contributed by atoms with E-state index in [1.807, 2.05) is 0 Å². The first kappa shape index (κ1) is 20.1. The molecule has 1 aromatic heterocycles. The van der Waals surface area contributed by atoms with E-state index < -0.39 is 5.92 Å². The largest absolute Gasteiger partial charge is 0.506 e. The number of halogens is 4. The van der Waals surface area contributed by atoms with Crippen LogP contribution in [-0.2, 0) is 0 Å². The Morgan fingerprint density at radius 1 is 1.17 bits per heavy atom. The summed E-state index contributed by atoms with van der Waals surface area (Å²) >= 11 is 18.9. The molecule has 29 heavy (non-hydrogen) atoms. The zero-order valence-corrected chi connectivity index (χ0v) is 19.0. The van der Waals surface area contributed by atoms with Gasteiger partial charge < -0.3 is 15.6 Å². The molecule has 6 nitrogen and oxygen atoms in total. The lowest BCUT2D eigenvalue weighted by Gasteiger charge is -2.24. The molecule has 1 aliphatic rings. The molecule has 0 fully saturated rings. The number of hydrogen-bond donors (Lipinski definition) is 3. The van der Waals surface area contributed by atoms with Crippen LogP contribution in [0.4, 0.5) is 0 Å². The Morgan fingerprint density at radius 2 is 1.86 bits per heavy atom. The van der Waals surface area contributed by atoms with Crippen LogP contribution in [0.1, 0.15) is 17.0 Å². The standard InChI is InChI=1S/C19H10Br2Cl2N4O2/c20-10-3-8(4-11(21)17(10)28)14-9(6-24)18(25)29-19-15(14)16(26-27-19)7-1-2-12(22)13(23)5-7/h1-5,14,28H,25H2,(H,26,27). The van der Waals surface area contributed by atoms with Gasteiger partial charge in [-0.25, -0.2) is 0 Å². The minimum absolute atomic E-state index is 0.0301. The molecule has 10 heteroatoms. The third-order valence-corrected chi connectivity index (χ3v) is 6.47. The highest BCUT2D eigenvalue weighted by molar-refractivity contribution is 9.11. The van der Waals surface area contributed by atoms with Gasteiger partial charge >= 0.3 is 0 Å². The predicted octanol–water partition coefficient (Wildman–Crippen LogP) is 5.83. The Bertz CT molecular complexity index is 1210. The summed E-state index contributed by atoms with van der Waals surface area (Å²) in [4.78, 5) is 0. The number of nitrogens with zero attached hydrogens (tertiary/aromatic N) is 2. The zero-order valence-electron chi connectivity index (χ0n) is 14.3. The van der Waals surface area contributed by atoms with Crippen LogP contribution >= 0.6 is 55.1 Å². The van der Waals surface area contributed by atoms with Crippen LogP contribution in [0.2, 0.25) is 10.0 Å². The molecule has 0 spiro atoms. The molecule has 3 aromatic rings. The van der Waals surface area contributed by atoms with Crippen molar-refractivity contribution in [2.75, 3.05) is 0 Å². The lowest BCUT2D eigenvalue weighted by atomic mass is 9.83. The van der Waals surface area contributed by atoms with E-state index in [-0.39, 0.29) is 23.1 Å². The molecule has 1 aliphatic heterocycles. The molecule has 0 saturated heterocycles. The average molecular weight is 557 g/mol. The SMILES string of the molecule is N#CC1=C(N)Oc2n[nH]c(-c3ccc(Cl)c(Cl)c3)c2C1c1cc(Br)c(O)c(Br)c1. The number of phenols is 1. The average Bonchev–Trinajstić information content (AvgIpc) is 3.10. The highest BCUT2D eigenvalue weighted by atomic mass is 79.9. The van der Waals surface area contributed by atoms with Gasteiger partial charge in [-0.1, -0.05) is 29.3 Å². The molecule has 2 heterocycles. The fourth-order valence-electron chi connectivity index (χ4n) is 3.20. The number of phenolic OH excluding ortho intramolecular Hbond substituents is 1. The Morgan fingerprint density at radius 3 is 2.48 bits per heavy atom. The number of H-pyrrole nitrogens is 1. The molecule has 0 amide bonds. The number of hydrogen-bond acceptors (Lipinski definition) is 5. The number of nitrogens with one attached hydrogen (secondary N) is 1. The third-order valence-electron chi connectivity index (χ3n) is 4.52. The van der Waals surface area contributed by atoms with Crippen LogP contribution in [0.5, 0.6) is 11.6 Å². The van der Waals surface area contributed by atoms with E-state index in [9.17, 15) is 10.4 Å². The lowest BCUT2D eigenvalue weighted by molar-refractivity contribution is 0.379.